The summed E-state index contributed by atoms with van der Waals surface area (Å²) in [5.41, 5.74) is -1.26. The van der Waals surface area contributed by atoms with Crippen molar-refractivity contribution in [3.8, 4) is 5.75 Å². The average molecular weight is 302 g/mol. The van der Waals surface area contributed by atoms with Gasteiger partial charge >= 0.3 is 12.6 Å². The Morgan fingerprint density at radius 2 is 1.95 bits per heavy atom. The standard InChI is InChI=1S/C15H20F2O4/c1-9(2)12(13(18)20-4)15(3,19)10-6-5-7-11(8-10)21-14(16)17/h5-9,12,14,19H,1-4H3. The first-order valence-corrected chi connectivity index (χ1v) is 6.55. The number of halogens is 2. The van der Waals surface area contributed by atoms with Gasteiger partial charge in [-0.25, -0.2) is 0 Å². The van der Waals surface area contributed by atoms with Crippen LogP contribution >= 0.6 is 0 Å². The molecule has 0 radical (unpaired) electrons. The number of esters is 1. The zero-order valence-corrected chi connectivity index (χ0v) is 12.5. The summed E-state index contributed by atoms with van der Waals surface area (Å²) in [5.74, 6) is -1.67. The number of hydrogen-bond donors (Lipinski definition) is 1. The topological polar surface area (TPSA) is 55.8 Å². The van der Waals surface area contributed by atoms with E-state index < -0.39 is 24.1 Å². The molecule has 0 saturated carbocycles. The van der Waals surface area contributed by atoms with E-state index >= 15 is 0 Å². The Balaban J connectivity index is 3.18. The maximum atomic E-state index is 12.3. The fraction of sp³-hybridized carbons (Fsp3) is 0.533. The highest BCUT2D eigenvalue weighted by Crippen LogP contribution is 2.36. The van der Waals surface area contributed by atoms with Crippen LogP contribution in [0.2, 0.25) is 0 Å². The zero-order valence-electron chi connectivity index (χ0n) is 12.5. The van der Waals surface area contributed by atoms with E-state index in [1.54, 1.807) is 19.9 Å². The summed E-state index contributed by atoms with van der Waals surface area (Å²) in [7, 11) is 1.24. The van der Waals surface area contributed by atoms with Crippen molar-refractivity contribution >= 4 is 5.97 Å². The lowest BCUT2D eigenvalue weighted by Crippen LogP contribution is -2.41. The van der Waals surface area contributed by atoms with Gasteiger partial charge in [-0.2, -0.15) is 8.78 Å². The second-order valence-corrected chi connectivity index (χ2v) is 5.30. The molecule has 0 heterocycles. The van der Waals surface area contributed by atoms with Gasteiger partial charge in [0.2, 0.25) is 0 Å². The van der Waals surface area contributed by atoms with Crippen molar-refractivity contribution in [3.05, 3.63) is 29.8 Å². The fourth-order valence-electron chi connectivity index (χ4n) is 2.44. The van der Waals surface area contributed by atoms with E-state index in [-0.39, 0.29) is 11.7 Å². The van der Waals surface area contributed by atoms with Gasteiger partial charge in [0.15, 0.2) is 0 Å². The van der Waals surface area contributed by atoms with Crippen LogP contribution in [0.1, 0.15) is 26.3 Å². The van der Waals surface area contributed by atoms with Crippen LogP contribution in [0.4, 0.5) is 8.78 Å². The minimum Gasteiger partial charge on any atom is -0.469 e. The Labute approximate surface area is 122 Å². The first-order valence-electron chi connectivity index (χ1n) is 6.55. The highest BCUT2D eigenvalue weighted by molar-refractivity contribution is 5.74. The number of methoxy groups -OCH3 is 1. The molecular formula is C15H20F2O4. The number of benzene rings is 1. The molecule has 118 valence electrons. The third kappa shape index (κ3) is 4.14. The van der Waals surface area contributed by atoms with Gasteiger partial charge in [-0.1, -0.05) is 26.0 Å². The van der Waals surface area contributed by atoms with Crippen molar-refractivity contribution in [2.24, 2.45) is 11.8 Å². The quantitative estimate of drug-likeness (QED) is 0.821. The molecule has 6 heteroatoms. The normalized spacial score (nSPS) is 15.7. The number of ether oxygens (including phenoxy) is 2. The predicted octanol–water partition coefficient (Wildman–Crippen LogP) is 2.94. The molecule has 4 nitrogen and oxygen atoms in total. The van der Waals surface area contributed by atoms with Crippen molar-refractivity contribution in [3.63, 3.8) is 0 Å². The first kappa shape index (κ1) is 17.4. The van der Waals surface area contributed by atoms with Gasteiger partial charge in [-0.15, -0.1) is 0 Å². The lowest BCUT2D eigenvalue weighted by atomic mass is 9.76. The lowest BCUT2D eigenvalue weighted by Gasteiger charge is -2.34. The molecule has 0 aromatic heterocycles. The van der Waals surface area contributed by atoms with E-state index in [0.717, 1.165) is 0 Å². The first-order chi connectivity index (χ1) is 9.70. The molecule has 0 bridgehead atoms. The molecule has 0 amide bonds. The smallest absolute Gasteiger partial charge is 0.387 e. The van der Waals surface area contributed by atoms with E-state index in [0.29, 0.717) is 5.56 Å². The van der Waals surface area contributed by atoms with Crippen molar-refractivity contribution in [2.45, 2.75) is 33.0 Å². The molecule has 0 aliphatic carbocycles. The molecular weight excluding hydrogens is 282 g/mol. The monoisotopic (exact) mass is 302 g/mol. The molecule has 2 atom stereocenters. The van der Waals surface area contributed by atoms with Crippen LogP contribution in [0, 0.1) is 11.8 Å². The Hall–Kier alpha value is -1.69. The van der Waals surface area contributed by atoms with Gasteiger partial charge in [0.25, 0.3) is 0 Å². The van der Waals surface area contributed by atoms with Crippen LogP contribution in [-0.4, -0.2) is 24.8 Å². The Morgan fingerprint density at radius 3 is 2.43 bits per heavy atom. The number of hydrogen-bond acceptors (Lipinski definition) is 4. The predicted molar refractivity (Wildman–Crippen MR) is 73.0 cm³/mol. The molecule has 0 aliphatic rings. The van der Waals surface area contributed by atoms with E-state index in [1.807, 2.05) is 0 Å². The van der Waals surface area contributed by atoms with Gasteiger partial charge in [-0.3, -0.25) is 4.79 Å². The SMILES string of the molecule is COC(=O)C(C(C)C)C(C)(O)c1cccc(OC(F)F)c1. The van der Waals surface area contributed by atoms with Crippen molar-refractivity contribution < 1.29 is 28.2 Å². The molecule has 1 N–H and O–H groups in total. The molecule has 0 aliphatic heterocycles. The van der Waals surface area contributed by atoms with E-state index in [2.05, 4.69) is 4.74 Å². The van der Waals surface area contributed by atoms with Crippen LogP contribution in [0.5, 0.6) is 5.75 Å². The highest BCUT2D eigenvalue weighted by Gasteiger charge is 2.42. The maximum Gasteiger partial charge on any atom is 0.387 e. The largest absolute Gasteiger partial charge is 0.469 e. The molecule has 0 saturated heterocycles. The third-order valence-corrected chi connectivity index (χ3v) is 3.37. The third-order valence-electron chi connectivity index (χ3n) is 3.37. The van der Waals surface area contributed by atoms with E-state index in [9.17, 15) is 18.7 Å². The summed E-state index contributed by atoms with van der Waals surface area (Å²) in [6.07, 6.45) is 0. The summed E-state index contributed by atoms with van der Waals surface area (Å²) in [4.78, 5) is 11.9. The molecule has 1 rings (SSSR count). The summed E-state index contributed by atoms with van der Waals surface area (Å²) < 4.78 is 33.6. The fourth-order valence-corrected chi connectivity index (χ4v) is 2.44. The Bertz CT molecular complexity index is 486. The summed E-state index contributed by atoms with van der Waals surface area (Å²) in [6, 6.07) is 5.69. The molecule has 1 aromatic rings. The van der Waals surface area contributed by atoms with Crippen LogP contribution in [0.3, 0.4) is 0 Å². The molecule has 21 heavy (non-hydrogen) atoms. The minimum atomic E-state index is -2.95. The van der Waals surface area contributed by atoms with Gasteiger partial charge < -0.3 is 14.6 Å². The van der Waals surface area contributed by atoms with E-state index in [4.69, 9.17) is 4.74 Å². The summed E-state index contributed by atoms with van der Waals surface area (Å²) >= 11 is 0. The number of carbonyl (C=O) groups is 1. The lowest BCUT2D eigenvalue weighted by molar-refractivity contribution is -0.159. The number of alkyl halides is 2. The number of rotatable bonds is 6. The second kappa shape index (κ2) is 6.85. The maximum absolute atomic E-state index is 12.3. The Kier molecular flexibility index (Phi) is 5.66. The molecule has 1 aromatic carbocycles. The molecule has 0 spiro atoms. The van der Waals surface area contributed by atoms with Crippen LogP contribution in [0.25, 0.3) is 0 Å². The number of aliphatic hydroxyl groups is 1. The molecule has 2 unspecified atom stereocenters. The van der Waals surface area contributed by atoms with Crippen molar-refractivity contribution in [1.29, 1.82) is 0 Å². The average Bonchev–Trinajstić information content (AvgIpc) is 2.37. The number of carbonyl (C=O) groups excluding carboxylic acids is 1. The van der Waals surface area contributed by atoms with Crippen molar-refractivity contribution in [2.75, 3.05) is 7.11 Å². The van der Waals surface area contributed by atoms with Crippen LogP contribution in [-0.2, 0) is 15.1 Å². The summed E-state index contributed by atoms with van der Waals surface area (Å²) in [5, 5.41) is 10.7. The highest BCUT2D eigenvalue weighted by atomic mass is 19.3. The second-order valence-electron chi connectivity index (χ2n) is 5.30. The van der Waals surface area contributed by atoms with Gasteiger partial charge in [0.05, 0.1) is 13.0 Å². The Morgan fingerprint density at radius 1 is 1.33 bits per heavy atom. The zero-order chi connectivity index (χ0) is 16.2. The van der Waals surface area contributed by atoms with Crippen LogP contribution < -0.4 is 4.74 Å². The van der Waals surface area contributed by atoms with Crippen LogP contribution in [0.15, 0.2) is 24.3 Å². The summed E-state index contributed by atoms with van der Waals surface area (Å²) in [6.45, 7) is 2.05. The molecule has 0 fully saturated rings. The van der Waals surface area contributed by atoms with Crippen molar-refractivity contribution in [1.82, 2.24) is 0 Å². The van der Waals surface area contributed by atoms with Gasteiger partial charge in [-0.05, 0) is 30.5 Å². The minimum absolute atomic E-state index is 0.0739. The van der Waals surface area contributed by atoms with Gasteiger partial charge in [0, 0.05) is 0 Å². The van der Waals surface area contributed by atoms with Gasteiger partial charge in [0.1, 0.15) is 11.4 Å². The van der Waals surface area contributed by atoms with E-state index in [1.165, 1.54) is 32.2 Å².